The van der Waals surface area contributed by atoms with Crippen LogP contribution in [-0.2, 0) is 9.53 Å². The fourth-order valence-corrected chi connectivity index (χ4v) is 5.10. The van der Waals surface area contributed by atoms with Gasteiger partial charge in [-0.25, -0.2) is 14.2 Å². The summed E-state index contributed by atoms with van der Waals surface area (Å²) in [6.45, 7) is 3.71. The number of hydrogen-bond donors (Lipinski definition) is 0. The van der Waals surface area contributed by atoms with Crippen LogP contribution in [0, 0.1) is 5.82 Å². The summed E-state index contributed by atoms with van der Waals surface area (Å²) >= 11 is 1.23. The van der Waals surface area contributed by atoms with E-state index in [0.717, 1.165) is 11.1 Å². The standard InChI is InChI=1S/C27H21FN2O4S/c1-3-33-26(32)23-16(2)29-27-30(24(23)18-7-5-4-6-8-18)25(31)22(35-27)15-20-13-14-21(34-20)17-9-11-19(28)12-10-17/h4-15,24H,3H2,1-2H3/b22-15+/t24-/m1/s1. The highest BCUT2D eigenvalue weighted by molar-refractivity contribution is 7.07. The lowest BCUT2D eigenvalue weighted by molar-refractivity contribution is -0.139. The quantitative estimate of drug-likeness (QED) is 0.395. The minimum absolute atomic E-state index is 0.219. The van der Waals surface area contributed by atoms with Gasteiger partial charge in [0.05, 0.1) is 28.5 Å². The number of furan rings is 1. The Morgan fingerprint density at radius 3 is 2.60 bits per heavy atom. The second kappa shape index (κ2) is 9.31. The molecule has 1 atom stereocenters. The highest BCUT2D eigenvalue weighted by Gasteiger charge is 2.33. The Kier molecular flexibility index (Phi) is 6.05. The molecular weight excluding hydrogens is 467 g/mol. The molecule has 0 aliphatic carbocycles. The van der Waals surface area contributed by atoms with E-state index in [1.807, 2.05) is 30.3 Å². The van der Waals surface area contributed by atoms with Crippen molar-refractivity contribution >= 4 is 23.4 Å². The van der Waals surface area contributed by atoms with Gasteiger partial charge in [-0.15, -0.1) is 0 Å². The summed E-state index contributed by atoms with van der Waals surface area (Å²) in [5.74, 6) is 0.220. The molecular formula is C27H21FN2O4S. The molecule has 0 fully saturated rings. The molecule has 4 aromatic rings. The van der Waals surface area contributed by atoms with E-state index in [1.54, 1.807) is 44.2 Å². The molecule has 0 amide bonds. The van der Waals surface area contributed by atoms with E-state index in [1.165, 1.54) is 28.0 Å². The minimum atomic E-state index is -0.653. The highest BCUT2D eigenvalue weighted by Crippen LogP contribution is 2.30. The van der Waals surface area contributed by atoms with E-state index >= 15 is 0 Å². The van der Waals surface area contributed by atoms with Crippen LogP contribution in [0.15, 0.2) is 92.2 Å². The zero-order valence-electron chi connectivity index (χ0n) is 19.0. The number of benzene rings is 2. The Hall–Kier alpha value is -4.04. The van der Waals surface area contributed by atoms with E-state index in [9.17, 15) is 14.0 Å². The van der Waals surface area contributed by atoms with Gasteiger partial charge < -0.3 is 9.15 Å². The van der Waals surface area contributed by atoms with Crippen molar-refractivity contribution in [3.63, 3.8) is 0 Å². The van der Waals surface area contributed by atoms with E-state index in [0.29, 0.717) is 32.1 Å². The second-order valence-electron chi connectivity index (χ2n) is 7.92. The fraction of sp³-hybridized carbons (Fsp3) is 0.148. The zero-order chi connectivity index (χ0) is 24.5. The van der Waals surface area contributed by atoms with Crippen LogP contribution >= 0.6 is 11.3 Å². The summed E-state index contributed by atoms with van der Waals surface area (Å²) in [6, 6.07) is 18.2. The van der Waals surface area contributed by atoms with Crippen LogP contribution in [0.25, 0.3) is 17.4 Å². The number of thiazole rings is 1. The van der Waals surface area contributed by atoms with Crippen molar-refractivity contribution in [2.45, 2.75) is 19.9 Å². The number of hydrogen-bond acceptors (Lipinski definition) is 6. The molecule has 0 saturated carbocycles. The lowest BCUT2D eigenvalue weighted by Crippen LogP contribution is -2.39. The molecule has 176 valence electrons. The third-order valence-corrected chi connectivity index (χ3v) is 6.64. The van der Waals surface area contributed by atoms with Gasteiger partial charge in [0, 0.05) is 11.6 Å². The predicted molar refractivity (Wildman–Crippen MR) is 131 cm³/mol. The molecule has 6 nitrogen and oxygen atoms in total. The van der Waals surface area contributed by atoms with Crippen molar-refractivity contribution in [1.29, 1.82) is 0 Å². The monoisotopic (exact) mass is 488 g/mol. The van der Waals surface area contributed by atoms with Crippen molar-refractivity contribution in [1.82, 2.24) is 4.57 Å². The summed E-state index contributed by atoms with van der Waals surface area (Å²) in [5, 5.41) is 0. The molecule has 1 aliphatic rings. The summed E-state index contributed by atoms with van der Waals surface area (Å²) in [7, 11) is 0. The van der Waals surface area contributed by atoms with Gasteiger partial charge in [0.1, 0.15) is 17.3 Å². The Morgan fingerprint density at radius 2 is 1.89 bits per heavy atom. The van der Waals surface area contributed by atoms with E-state index in [2.05, 4.69) is 4.99 Å². The van der Waals surface area contributed by atoms with E-state index < -0.39 is 12.0 Å². The maximum atomic E-state index is 13.6. The third kappa shape index (κ3) is 4.28. The smallest absolute Gasteiger partial charge is 0.338 e. The number of halogens is 1. The van der Waals surface area contributed by atoms with Gasteiger partial charge in [-0.05, 0) is 55.8 Å². The molecule has 5 rings (SSSR count). The maximum absolute atomic E-state index is 13.6. The van der Waals surface area contributed by atoms with Crippen LogP contribution in [0.2, 0.25) is 0 Å². The van der Waals surface area contributed by atoms with Gasteiger partial charge in [0.15, 0.2) is 4.80 Å². The molecule has 2 aromatic carbocycles. The Balaban J connectivity index is 1.62. The van der Waals surface area contributed by atoms with Gasteiger partial charge in [0.2, 0.25) is 0 Å². The number of allylic oxidation sites excluding steroid dienone is 1. The first-order valence-corrected chi connectivity index (χ1v) is 11.9. The van der Waals surface area contributed by atoms with Gasteiger partial charge in [-0.1, -0.05) is 41.7 Å². The summed E-state index contributed by atoms with van der Waals surface area (Å²) < 4.78 is 26.4. The topological polar surface area (TPSA) is 73.8 Å². The third-order valence-electron chi connectivity index (χ3n) is 5.66. The average molecular weight is 489 g/mol. The second-order valence-corrected chi connectivity index (χ2v) is 8.93. The molecule has 2 aromatic heterocycles. The molecule has 1 aliphatic heterocycles. The number of fused-ring (bicyclic) bond motifs is 1. The van der Waals surface area contributed by atoms with Crippen LogP contribution in [0.5, 0.6) is 0 Å². The zero-order valence-corrected chi connectivity index (χ0v) is 19.8. The first-order valence-electron chi connectivity index (χ1n) is 11.1. The number of carbonyl (C=O) groups is 1. The molecule has 3 heterocycles. The van der Waals surface area contributed by atoms with E-state index in [-0.39, 0.29) is 18.0 Å². The molecule has 0 radical (unpaired) electrons. The van der Waals surface area contributed by atoms with Crippen LogP contribution in [0.1, 0.15) is 31.2 Å². The Morgan fingerprint density at radius 1 is 1.14 bits per heavy atom. The van der Waals surface area contributed by atoms with Crippen LogP contribution in [-0.4, -0.2) is 17.1 Å². The van der Waals surface area contributed by atoms with Gasteiger partial charge in [0.25, 0.3) is 5.56 Å². The largest absolute Gasteiger partial charge is 0.463 e. The average Bonchev–Trinajstić information content (AvgIpc) is 3.44. The number of nitrogens with zero attached hydrogens (tertiary/aromatic N) is 2. The van der Waals surface area contributed by atoms with Crippen LogP contribution < -0.4 is 14.9 Å². The number of ether oxygens (including phenoxy) is 1. The normalized spacial score (nSPS) is 15.6. The first-order chi connectivity index (χ1) is 17.0. The summed E-state index contributed by atoms with van der Waals surface area (Å²) in [4.78, 5) is 31.5. The molecule has 0 bridgehead atoms. The molecule has 0 saturated heterocycles. The molecule has 0 N–H and O–H groups in total. The summed E-state index contributed by atoms with van der Waals surface area (Å²) in [6.07, 6.45) is 1.66. The van der Waals surface area contributed by atoms with Gasteiger partial charge in [-0.3, -0.25) is 9.36 Å². The number of carbonyl (C=O) groups excluding carboxylic acids is 1. The van der Waals surface area contributed by atoms with Crippen molar-refractivity contribution in [2.75, 3.05) is 6.61 Å². The van der Waals surface area contributed by atoms with Crippen molar-refractivity contribution < 1.29 is 18.3 Å². The number of aromatic nitrogens is 1. The highest BCUT2D eigenvalue weighted by atomic mass is 32.1. The van der Waals surface area contributed by atoms with Gasteiger partial charge in [-0.2, -0.15) is 0 Å². The van der Waals surface area contributed by atoms with E-state index in [4.69, 9.17) is 9.15 Å². The lowest BCUT2D eigenvalue weighted by atomic mass is 9.96. The molecule has 35 heavy (non-hydrogen) atoms. The van der Waals surface area contributed by atoms with Gasteiger partial charge >= 0.3 is 5.97 Å². The van der Waals surface area contributed by atoms with Crippen LogP contribution in [0.3, 0.4) is 0 Å². The number of esters is 1. The van der Waals surface area contributed by atoms with Crippen molar-refractivity contribution in [3.05, 3.63) is 115 Å². The predicted octanol–water partition coefficient (Wildman–Crippen LogP) is 4.20. The first kappa shape index (κ1) is 22.7. The van der Waals surface area contributed by atoms with Crippen molar-refractivity contribution in [3.8, 4) is 11.3 Å². The summed E-state index contributed by atoms with van der Waals surface area (Å²) in [5.41, 5.74) is 2.09. The maximum Gasteiger partial charge on any atom is 0.338 e. The molecule has 8 heteroatoms. The van der Waals surface area contributed by atoms with Crippen LogP contribution in [0.4, 0.5) is 4.39 Å². The SMILES string of the molecule is CCOC(=O)C1=C(C)N=c2s/c(=C/c3ccc(-c4ccc(F)cc4)o3)c(=O)n2[C@@H]1c1ccccc1. The lowest BCUT2D eigenvalue weighted by Gasteiger charge is -2.24. The number of rotatable bonds is 5. The molecule has 0 spiro atoms. The minimum Gasteiger partial charge on any atom is -0.463 e. The Bertz CT molecular complexity index is 1610. The molecule has 0 unspecified atom stereocenters. The fourth-order valence-electron chi connectivity index (χ4n) is 4.07. The Labute approximate surface area is 203 Å². The van der Waals surface area contributed by atoms with Crippen molar-refractivity contribution in [2.24, 2.45) is 4.99 Å².